The average Bonchev–Trinajstić information content (AvgIpc) is 3.79. The summed E-state index contributed by atoms with van der Waals surface area (Å²) in [6, 6.07) is 35.0. The standard InChI is InChI=1S/C53H55NO13.Ac/c1-31-37(64-49(58)45-43(33-18-10-6-11-19-33)54-48(67-45)34-20-12-7-13-21-34)27-53(60)32(2)46-51(5,38(26-39-52(46,59)30-63-39)65-40(55)28-61-35-22-14-8-15-23-35)47(57)44(42(31)50(53,3)4)66-41(56)29-62-36-24-16-9-17-25-36;/h6-25,32,37-39,43-46,59-60H,26-30H2,1-5H3;. The van der Waals surface area contributed by atoms with Crippen molar-refractivity contribution in [2.75, 3.05) is 19.8 Å². The zero-order valence-corrected chi connectivity index (χ0v) is 43.4. The van der Waals surface area contributed by atoms with Crippen molar-refractivity contribution < 1.29 is 107 Å². The Morgan fingerprint density at radius 2 is 1.31 bits per heavy atom. The van der Waals surface area contributed by atoms with Gasteiger partial charge in [-0.2, -0.15) is 0 Å². The molecule has 1 saturated heterocycles. The molecule has 3 aliphatic carbocycles. The molecule has 9 rings (SSSR count). The van der Waals surface area contributed by atoms with Gasteiger partial charge in [0, 0.05) is 73.8 Å². The van der Waals surface area contributed by atoms with E-state index in [0.717, 1.165) is 0 Å². The van der Waals surface area contributed by atoms with Gasteiger partial charge in [-0.1, -0.05) is 106 Å². The largest absolute Gasteiger partial charge is 0.482 e. The Labute approximate surface area is 430 Å². The quantitative estimate of drug-likeness (QED) is 0.0914. The number of rotatable bonds is 12. The maximum atomic E-state index is 16.0. The molecule has 11 unspecified atom stereocenters. The molecule has 2 aliphatic heterocycles. The first kappa shape index (κ1) is 49.5. The number of Topliss-reactive ketones (excluding diaryl/α,β-unsaturated/α-hetero) is 1. The number of hydrogen-bond donors (Lipinski definition) is 2. The molecule has 11 atom stereocenters. The Kier molecular flexibility index (Phi) is 14.2. The summed E-state index contributed by atoms with van der Waals surface area (Å²) >= 11 is 0. The number of carbonyl (C=O) groups excluding carboxylic acids is 4. The summed E-state index contributed by atoms with van der Waals surface area (Å²) in [5.74, 6) is -4.19. The number of aliphatic imine (C=N–C) groups is 1. The van der Waals surface area contributed by atoms with E-state index < -0.39 is 107 Å². The molecule has 5 aliphatic rings. The van der Waals surface area contributed by atoms with Crippen LogP contribution in [0.25, 0.3) is 0 Å². The van der Waals surface area contributed by atoms with Gasteiger partial charge in [0.15, 0.2) is 25.1 Å². The van der Waals surface area contributed by atoms with Crippen molar-refractivity contribution in [3.05, 3.63) is 144 Å². The maximum Gasteiger partial charge on any atom is 0.350 e. The van der Waals surface area contributed by atoms with Crippen LogP contribution < -0.4 is 9.47 Å². The third kappa shape index (κ3) is 8.72. The Morgan fingerprint density at radius 1 is 0.765 bits per heavy atom. The molecular formula is C53H55AcNO13. The summed E-state index contributed by atoms with van der Waals surface area (Å²) in [5, 5.41) is 26.3. The minimum Gasteiger partial charge on any atom is -0.482 e. The van der Waals surface area contributed by atoms with Crippen molar-refractivity contribution in [2.24, 2.45) is 27.7 Å². The summed E-state index contributed by atoms with van der Waals surface area (Å²) in [6.45, 7) is 7.28. The van der Waals surface area contributed by atoms with Gasteiger partial charge < -0.3 is 43.4 Å². The van der Waals surface area contributed by atoms with Gasteiger partial charge in [0.1, 0.15) is 35.3 Å². The topological polar surface area (TPSA) is 186 Å². The van der Waals surface area contributed by atoms with E-state index in [-0.39, 0.29) is 75.0 Å². The second-order valence-corrected chi connectivity index (χ2v) is 19.0. The number of esters is 3. The van der Waals surface area contributed by atoms with Crippen LogP contribution in [0.15, 0.2) is 137 Å². The number of benzene rings is 4. The molecule has 2 bridgehead atoms. The van der Waals surface area contributed by atoms with Crippen molar-refractivity contribution in [3.63, 3.8) is 0 Å². The predicted octanol–water partition coefficient (Wildman–Crippen LogP) is 6.32. The van der Waals surface area contributed by atoms with E-state index in [2.05, 4.69) is 0 Å². The summed E-state index contributed by atoms with van der Waals surface area (Å²) in [7, 11) is 0. The van der Waals surface area contributed by atoms with Gasteiger partial charge in [-0.05, 0) is 72.9 Å². The van der Waals surface area contributed by atoms with E-state index in [0.29, 0.717) is 28.2 Å². The fraction of sp³-hybridized carbons (Fsp3) is 0.415. The average molecular weight is 1140 g/mol. The van der Waals surface area contributed by atoms with Crippen molar-refractivity contribution in [1.82, 2.24) is 0 Å². The van der Waals surface area contributed by atoms with Gasteiger partial charge in [0.2, 0.25) is 12.0 Å². The van der Waals surface area contributed by atoms with Crippen LogP contribution in [-0.4, -0.2) is 101 Å². The second-order valence-electron chi connectivity index (χ2n) is 19.0. The van der Waals surface area contributed by atoms with E-state index in [4.69, 9.17) is 38.2 Å². The molecule has 3 fully saturated rings. The minimum absolute atomic E-state index is 0. The molecule has 15 heteroatoms. The van der Waals surface area contributed by atoms with Crippen molar-refractivity contribution >= 4 is 29.6 Å². The van der Waals surface area contributed by atoms with E-state index >= 15 is 4.79 Å². The third-order valence-corrected chi connectivity index (χ3v) is 15.0. The van der Waals surface area contributed by atoms with Gasteiger partial charge in [-0.15, -0.1) is 0 Å². The normalized spacial score (nSPS) is 32.2. The Balaban J connectivity index is 0.00000625. The smallest absolute Gasteiger partial charge is 0.350 e. The minimum atomic E-state index is -1.89. The molecule has 0 amide bonds. The molecule has 4 aromatic carbocycles. The molecule has 14 nitrogen and oxygen atoms in total. The van der Waals surface area contributed by atoms with Gasteiger partial charge in [-0.3, -0.25) is 4.79 Å². The summed E-state index contributed by atoms with van der Waals surface area (Å²) in [5.41, 5.74) is -4.80. The molecule has 2 saturated carbocycles. The van der Waals surface area contributed by atoms with E-state index in [1.165, 1.54) is 0 Å². The van der Waals surface area contributed by atoms with Gasteiger partial charge in [-0.25, -0.2) is 19.4 Å². The van der Waals surface area contributed by atoms with E-state index in [1.807, 2.05) is 66.7 Å². The van der Waals surface area contributed by atoms with Crippen LogP contribution in [-0.2, 0) is 42.9 Å². The van der Waals surface area contributed by atoms with Gasteiger partial charge in [0.25, 0.3) is 0 Å². The molecule has 0 spiro atoms. The number of fused-ring (bicyclic) bond motifs is 5. The number of carbonyl (C=O) groups is 4. The molecular weight excluding hydrogens is 1090 g/mol. The number of ketones is 1. The molecule has 0 aromatic heterocycles. The fourth-order valence-electron chi connectivity index (χ4n) is 11.4. The Bertz CT molecular complexity index is 2580. The monoisotopic (exact) mass is 1140 g/mol. The Hall–Kier alpha value is -4.91. The SMILES string of the molecule is CC1=C2C(OC(=O)COc3ccccc3)C(=O)C3(C)C(OC(=O)COc4ccccc4)CC4OCC4(O)C3C(C)C(O)(CC1OC(=O)C1OC(c3ccccc3)=NC1c1ccccc1)C2(C)C.[Ac]. The van der Waals surface area contributed by atoms with Gasteiger partial charge >= 0.3 is 17.9 Å². The summed E-state index contributed by atoms with van der Waals surface area (Å²) in [6.07, 6.45) is -6.55. The number of aliphatic hydroxyl groups is 2. The van der Waals surface area contributed by atoms with Crippen LogP contribution in [0.3, 0.4) is 0 Å². The zero-order chi connectivity index (χ0) is 47.3. The van der Waals surface area contributed by atoms with E-state index in [1.54, 1.807) is 89.2 Å². The number of ether oxygens (including phenoxy) is 7. The molecule has 2 N–H and O–H groups in total. The van der Waals surface area contributed by atoms with Crippen LogP contribution in [0, 0.1) is 66.7 Å². The fourth-order valence-corrected chi connectivity index (χ4v) is 11.4. The second kappa shape index (κ2) is 19.5. The first-order valence-electron chi connectivity index (χ1n) is 22.7. The first-order valence-corrected chi connectivity index (χ1v) is 22.7. The van der Waals surface area contributed by atoms with Crippen LogP contribution in [0.1, 0.15) is 64.6 Å². The Morgan fingerprint density at radius 3 is 1.87 bits per heavy atom. The van der Waals surface area contributed by atoms with Crippen molar-refractivity contribution in [3.8, 4) is 11.5 Å². The number of para-hydroxylation sites is 2. The summed E-state index contributed by atoms with van der Waals surface area (Å²) < 4.78 is 42.6. The molecule has 68 heavy (non-hydrogen) atoms. The number of nitrogens with zero attached hydrogens (tertiary/aromatic N) is 1. The zero-order valence-electron chi connectivity index (χ0n) is 38.6. The van der Waals surface area contributed by atoms with Crippen molar-refractivity contribution in [1.29, 1.82) is 0 Å². The van der Waals surface area contributed by atoms with E-state index in [9.17, 15) is 24.6 Å². The number of hydrogen-bond acceptors (Lipinski definition) is 14. The first-order chi connectivity index (χ1) is 32.1. The molecule has 4 aromatic rings. The van der Waals surface area contributed by atoms with Crippen molar-refractivity contribution in [2.45, 2.75) is 95.2 Å². The summed E-state index contributed by atoms with van der Waals surface area (Å²) in [4.78, 5) is 63.3. The maximum absolute atomic E-state index is 16.0. The van der Waals surface area contributed by atoms with Crippen LogP contribution in [0.2, 0.25) is 0 Å². The van der Waals surface area contributed by atoms with Crippen LogP contribution in [0.5, 0.6) is 11.5 Å². The third-order valence-electron chi connectivity index (χ3n) is 15.0. The van der Waals surface area contributed by atoms with Crippen LogP contribution >= 0.6 is 0 Å². The van der Waals surface area contributed by atoms with Crippen LogP contribution in [0.4, 0.5) is 0 Å². The molecule has 2 heterocycles. The van der Waals surface area contributed by atoms with Gasteiger partial charge in [0.05, 0.1) is 23.7 Å². The predicted molar refractivity (Wildman–Crippen MR) is 242 cm³/mol. The molecule has 353 valence electrons. The molecule has 1 radical (unpaired) electrons.